The van der Waals surface area contributed by atoms with Crippen molar-refractivity contribution in [3.05, 3.63) is 103 Å². The van der Waals surface area contributed by atoms with Crippen LogP contribution in [0, 0.1) is 6.92 Å². The molecule has 0 unspecified atom stereocenters. The fourth-order valence-electron chi connectivity index (χ4n) is 8.06. The summed E-state index contributed by atoms with van der Waals surface area (Å²) in [5.41, 5.74) is 4.68. The first kappa shape index (κ1) is 36.7. The van der Waals surface area contributed by atoms with Crippen molar-refractivity contribution in [1.29, 1.82) is 0 Å². The number of para-hydroxylation sites is 1. The topological polar surface area (TPSA) is 136 Å². The Kier molecular flexibility index (Phi) is 9.96. The van der Waals surface area contributed by atoms with Crippen LogP contribution in [0.2, 0.25) is 0 Å². The van der Waals surface area contributed by atoms with Crippen LogP contribution >= 0.6 is 22.7 Å². The maximum atomic E-state index is 14.6. The van der Waals surface area contributed by atoms with E-state index in [1.807, 2.05) is 36.6 Å². The van der Waals surface area contributed by atoms with E-state index in [2.05, 4.69) is 26.7 Å². The predicted octanol–water partition coefficient (Wildman–Crippen LogP) is 7.54. The van der Waals surface area contributed by atoms with Gasteiger partial charge in [-0.1, -0.05) is 12.1 Å². The van der Waals surface area contributed by atoms with Crippen molar-refractivity contribution in [3.8, 4) is 32.6 Å². The van der Waals surface area contributed by atoms with Crippen molar-refractivity contribution >= 4 is 54.8 Å². The molecule has 0 bridgehead atoms. The highest BCUT2D eigenvalue weighted by Crippen LogP contribution is 2.38. The van der Waals surface area contributed by atoms with E-state index in [1.165, 1.54) is 28.9 Å². The standard InChI is InChI=1S/C43H43N5O6S2/c1-25-24-55-42(44-25)31-23-53-40-28(38(31)51)20-26(37(50)30(40)22-47-14-5-6-15-47)8-7-10-34-36(43-45-32-9-3-4-11-35(32)56-43)39(52)27-12-13-33(49)29(41(27)54-34)21-48-18-16-46(2)17-19-48/h3-4,9,11-13,20,23-24,49-50H,5-8,10,14-19,21-22H2,1-2H3. The molecule has 0 spiro atoms. The average Bonchev–Trinajstić information content (AvgIpc) is 3.97. The summed E-state index contributed by atoms with van der Waals surface area (Å²) >= 11 is 2.85. The Hall–Kier alpha value is -4.92. The van der Waals surface area contributed by atoms with Crippen LogP contribution in [0.25, 0.3) is 53.3 Å². The number of likely N-dealkylation sites (N-methyl/N-ethyl adjacent to an activating group) is 1. The summed E-state index contributed by atoms with van der Waals surface area (Å²) in [6.07, 6.45) is 4.89. The number of hydrogen-bond acceptors (Lipinski definition) is 13. The highest BCUT2D eigenvalue weighted by molar-refractivity contribution is 7.21. The molecule has 6 heterocycles. The summed E-state index contributed by atoms with van der Waals surface area (Å²) in [7, 11) is 2.10. The van der Waals surface area contributed by atoms with Crippen LogP contribution in [0.4, 0.5) is 0 Å². The van der Waals surface area contributed by atoms with Crippen LogP contribution in [0.15, 0.2) is 72.5 Å². The van der Waals surface area contributed by atoms with Crippen molar-refractivity contribution in [1.82, 2.24) is 24.7 Å². The lowest BCUT2D eigenvalue weighted by molar-refractivity contribution is 0.147. The number of hydrogen-bond donors (Lipinski definition) is 2. The Balaban J connectivity index is 1.12. The molecule has 9 rings (SSSR count). The molecule has 13 heteroatoms. The number of rotatable bonds is 10. The van der Waals surface area contributed by atoms with Crippen molar-refractivity contribution in [2.75, 3.05) is 46.3 Å². The van der Waals surface area contributed by atoms with Crippen molar-refractivity contribution in [3.63, 3.8) is 0 Å². The second-order valence-corrected chi connectivity index (χ2v) is 17.0. The Labute approximate surface area is 331 Å². The number of piperazine rings is 1. The highest BCUT2D eigenvalue weighted by Gasteiger charge is 2.26. The monoisotopic (exact) mass is 789 g/mol. The number of thiazole rings is 2. The van der Waals surface area contributed by atoms with Gasteiger partial charge in [0.15, 0.2) is 0 Å². The van der Waals surface area contributed by atoms with Crippen molar-refractivity contribution in [2.45, 2.75) is 52.1 Å². The molecule has 0 atom stereocenters. The molecule has 7 aromatic rings. The molecule has 11 nitrogen and oxygen atoms in total. The largest absolute Gasteiger partial charge is 0.507 e. The number of aryl methyl sites for hydroxylation is 3. The van der Waals surface area contributed by atoms with Crippen LogP contribution in [0.5, 0.6) is 11.5 Å². The van der Waals surface area contributed by atoms with Gasteiger partial charge in [0, 0.05) is 56.8 Å². The van der Waals surface area contributed by atoms with Gasteiger partial charge < -0.3 is 23.9 Å². The SMILES string of the molecule is Cc1csc(-c2coc3c(CN4CCCC4)c(O)c(CCCc4oc5c(CN6CCN(C)CC6)c(O)ccc5c(=O)c4-c4nc5ccccc5s4)cc3c2=O)n1. The maximum Gasteiger partial charge on any atom is 0.203 e. The Morgan fingerprint density at radius 3 is 2.36 bits per heavy atom. The number of phenols is 2. The van der Waals surface area contributed by atoms with Crippen LogP contribution < -0.4 is 10.9 Å². The zero-order valence-electron chi connectivity index (χ0n) is 31.5. The summed E-state index contributed by atoms with van der Waals surface area (Å²) in [5, 5.41) is 26.9. The molecular weight excluding hydrogens is 747 g/mol. The molecule has 4 aromatic heterocycles. The Morgan fingerprint density at radius 2 is 1.59 bits per heavy atom. The number of fused-ring (bicyclic) bond motifs is 3. The molecule has 2 aliphatic heterocycles. The van der Waals surface area contributed by atoms with Crippen LogP contribution in [-0.4, -0.2) is 81.2 Å². The van der Waals surface area contributed by atoms with E-state index in [0.717, 1.165) is 68.0 Å². The molecule has 56 heavy (non-hydrogen) atoms. The third-order valence-corrected chi connectivity index (χ3v) is 13.2. The number of aromatic hydroxyl groups is 2. The van der Waals surface area contributed by atoms with E-state index in [4.69, 9.17) is 13.8 Å². The molecule has 3 aromatic carbocycles. The fraction of sp³-hybridized carbons (Fsp3) is 0.349. The smallest absolute Gasteiger partial charge is 0.203 e. The van der Waals surface area contributed by atoms with Gasteiger partial charge in [-0.25, -0.2) is 9.97 Å². The summed E-state index contributed by atoms with van der Waals surface area (Å²) < 4.78 is 13.9. The molecule has 2 aliphatic rings. The van der Waals surface area contributed by atoms with E-state index < -0.39 is 0 Å². The summed E-state index contributed by atoms with van der Waals surface area (Å²) in [4.78, 5) is 44.9. The van der Waals surface area contributed by atoms with Gasteiger partial charge in [-0.3, -0.25) is 19.4 Å². The molecule has 2 fully saturated rings. The molecule has 0 amide bonds. The van der Waals surface area contributed by atoms with E-state index in [9.17, 15) is 19.8 Å². The molecular formula is C43H43N5O6S2. The number of aromatic nitrogens is 2. The molecule has 0 radical (unpaired) electrons. The van der Waals surface area contributed by atoms with Gasteiger partial charge >= 0.3 is 0 Å². The van der Waals surface area contributed by atoms with Gasteiger partial charge in [0.25, 0.3) is 0 Å². The molecule has 0 saturated carbocycles. The van der Waals surface area contributed by atoms with Crippen molar-refractivity contribution in [2.24, 2.45) is 0 Å². The zero-order valence-corrected chi connectivity index (χ0v) is 33.1. The van der Waals surface area contributed by atoms with Gasteiger partial charge in [0.2, 0.25) is 10.9 Å². The quantitative estimate of drug-likeness (QED) is 0.142. The third kappa shape index (κ3) is 6.92. The lowest BCUT2D eigenvalue weighted by Crippen LogP contribution is -2.43. The minimum atomic E-state index is -0.191. The Morgan fingerprint density at radius 1 is 0.821 bits per heavy atom. The normalized spacial score (nSPS) is 15.9. The second kappa shape index (κ2) is 15.2. The first-order valence-electron chi connectivity index (χ1n) is 19.2. The zero-order chi connectivity index (χ0) is 38.5. The lowest BCUT2D eigenvalue weighted by Gasteiger charge is -2.32. The molecule has 2 saturated heterocycles. The Bertz CT molecular complexity index is 2690. The van der Waals surface area contributed by atoms with Gasteiger partial charge in [0.1, 0.15) is 44.7 Å². The predicted molar refractivity (Wildman–Crippen MR) is 222 cm³/mol. The minimum absolute atomic E-state index is 0.0935. The second-order valence-electron chi connectivity index (χ2n) is 15.1. The first-order valence-corrected chi connectivity index (χ1v) is 20.9. The lowest BCUT2D eigenvalue weighted by atomic mass is 9.97. The highest BCUT2D eigenvalue weighted by atomic mass is 32.1. The third-order valence-electron chi connectivity index (χ3n) is 11.2. The van der Waals surface area contributed by atoms with Crippen LogP contribution in [-0.2, 0) is 25.9 Å². The summed E-state index contributed by atoms with van der Waals surface area (Å²) in [6, 6.07) is 12.8. The average molecular weight is 790 g/mol. The van der Waals surface area contributed by atoms with E-state index >= 15 is 0 Å². The van der Waals surface area contributed by atoms with Gasteiger partial charge in [-0.2, -0.15) is 0 Å². The van der Waals surface area contributed by atoms with Crippen LogP contribution in [0.3, 0.4) is 0 Å². The molecule has 0 aliphatic carbocycles. The van der Waals surface area contributed by atoms with Gasteiger partial charge in [-0.05, 0) is 88.6 Å². The maximum absolute atomic E-state index is 14.6. The number of phenolic OH excluding ortho intramolecular Hbond substituents is 2. The van der Waals surface area contributed by atoms with E-state index in [1.54, 1.807) is 18.2 Å². The van der Waals surface area contributed by atoms with Crippen LogP contribution in [0.1, 0.15) is 47.4 Å². The summed E-state index contributed by atoms with van der Waals surface area (Å²) in [6.45, 7) is 8.14. The van der Waals surface area contributed by atoms with Gasteiger partial charge in [0.05, 0.1) is 43.2 Å². The number of benzene rings is 3. The fourth-order valence-corrected chi connectivity index (χ4v) is 9.89. The van der Waals surface area contributed by atoms with Crippen molar-refractivity contribution < 1.29 is 19.0 Å². The number of likely N-dealkylation sites (tertiary alicyclic amines) is 1. The van der Waals surface area contributed by atoms with E-state index in [-0.39, 0.29) is 22.4 Å². The minimum Gasteiger partial charge on any atom is -0.507 e. The molecule has 2 N–H and O–H groups in total. The number of nitrogens with zero attached hydrogens (tertiary/aromatic N) is 5. The summed E-state index contributed by atoms with van der Waals surface area (Å²) in [5.74, 6) is 0.692. The van der Waals surface area contributed by atoms with E-state index in [0.29, 0.717) is 97.9 Å². The first-order chi connectivity index (χ1) is 27.2. The molecule has 288 valence electrons. The van der Waals surface area contributed by atoms with Gasteiger partial charge in [-0.15, -0.1) is 22.7 Å².